The van der Waals surface area contributed by atoms with Crippen molar-refractivity contribution in [2.24, 2.45) is 0 Å². The molecule has 1 N–H and O–H groups in total. The Morgan fingerprint density at radius 2 is 1.97 bits per heavy atom. The van der Waals surface area contributed by atoms with E-state index in [0.29, 0.717) is 29.3 Å². The zero-order valence-electron chi connectivity index (χ0n) is 18.0. The quantitative estimate of drug-likeness (QED) is 0.471. The molecule has 4 aromatic rings. The summed E-state index contributed by atoms with van der Waals surface area (Å²) in [4.78, 5) is 22.3. The summed E-state index contributed by atoms with van der Waals surface area (Å²) in [6.07, 6.45) is 4.36. The minimum absolute atomic E-state index is 0.109. The number of nitrogens with one attached hydrogen (secondary N) is 1. The van der Waals surface area contributed by atoms with Crippen molar-refractivity contribution < 1.29 is 14.3 Å². The zero-order valence-corrected chi connectivity index (χ0v) is 18.0. The van der Waals surface area contributed by atoms with Crippen LogP contribution in [0.4, 0.5) is 5.69 Å². The second-order valence-electron chi connectivity index (χ2n) is 7.78. The fourth-order valence-corrected chi connectivity index (χ4v) is 4.04. The lowest BCUT2D eigenvalue weighted by molar-refractivity contribution is 0.102. The van der Waals surface area contributed by atoms with E-state index in [4.69, 9.17) is 14.5 Å². The first-order valence-corrected chi connectivity index (χ1v) is 10.7. The van der Waals surface area contributed by atoms with E-state index in [1.807, 2.05) is 68.4 Å². The molecule has 0 spiro atoms. The molecule has 1 aliphatic rings. The molecule has 0 saturated heterocycles. The second kappa shape index (κ2) is 8.30. The van der Waals surface area contributed by atoms with Gasteiger partial charge in [0.15, 0.2) is 0 Å². The number of anilines is 1. The number of hydrogen-bond donors (Lipinski definition) is 1. The second-order valence-corrected chi connectivity index (χ2v) is 7.78. The number of nitrogens with zero attached hydrogens (tertiary/aromatic N) is 2. The van der Waals surface area contributed by atoms with Crippen molar-refractivity contribution in [2.75, 3.05) is 11.9 Å². The largest absolute Gasteiger partial charge is 0.492 e. The Morgan fingerprint density at radius 3 is 2.78 bits per heavy atom. The van der Waals surface area contributed by atoms with Crippen LogP contribution in [0.15, 0.2) is 67.0 Å². The first-order chi connectivity index (χ1) is 15.6. The van der Waals surface area contributed by atoms with E-state index < -0.39 is 0 Å². The van der Waals surface area contributed by atoms with Gasteiger partial charge in [0.2, 0.25) is 0 Å². The number of carbonyl (C=O) groups excluding carboxylic acids is 1. The van der Waals surface area contributed by atoms with Gasteiger partial charge in [0.05, 0.1) is 29.1 Å². The van der Waals surface area contributed by atoms with Gasteiger partial charge in [-0.2, -0.15) is 0 Å². The van der Waals surface area contributed by atoms with Crippen molar-refractivity contribution in [3.05, 3.63) is 78.1 Å². The third-order valence-electron chi connectivity index (χ3n) is 5.48. The Bertz CT molecular complexity index is 1300. The summed E-state index contributed by atoms with van der Waals surface area (Å²) in [7, 11) is 0. The smallest absolute Gasteiger partial charge is 0.256 e. The maximum atomic E-state index is 13.5. The molecule has 6 nitrogen and oxygen atoms in total. The van der Waals surface area contributed by atoms with Crippen molar-refractivity contribution in [3.63, 3.8) is 0 Å². The molecule has 0 radical (unpaired) electrons. The van der Waals surface area contributed by atoms with Crippen LogP contribution in [0.25, 0.3) is 22.2 Å². The monoisotopic (exact) mass is 425 g/mol. The molecule has 1 unspecified atom stereocenters. The van der Waals surface area contributed by atoms with Gasteiger partial charge < -0.3 is 14.8 Å². The van der Waals surface area contributed by atoms with E-state index in [1.54, 1.807) is 12.4 Å². The molecule has 160 valence electrons. The fraction of sp³-hybridized carbons (Fsp3) is 0.192. The van der Waals surface area contributed by atoms with Gasteiger partial charge >= 0.3 is 0 Å². The Hall–Kier alpha value is -3.93. The number of benzene rings is 2. The highest BCUT2D eigenvalue weighted by molar-refractivity contribution is 6.13. The van der Waals surface area contributed by atoms with Crippen LogP contribution in [-0.2, 0) is 6.42 Å². The number of hydrogen-bond acceptors (Lipinski definition) is 5. The van der Waals surface area contributed by atoms with Crippen LogP contribution in [0.2, 0.25) is 0 Å². The Morgan fingerprint density at radius 1 is 1.16 bits per heavy atom. The van der Waals surface area contributed by atoms with Gasteiger partial charge in [0.1, 0.15) is 17.6 Å². The normalized spacial score (nSPS) is 14.6. The molecule has 1 atom stereocenters. The molecule has 2 aromatic carbocycles. The summed E-state index contributed by atoms with van der Waals surface area (Å²) >= 11 is 0. The maximum Gasteiger partial charge on any atom is 0.256 e. The molecule has 3 heterocycles. The van der Waals surface area contributed by atoms with Crippen molar-refractivity contribution >= 4 is 22.5 Å². The van der Waals surface area contributed by atoms with Gasteiger partial charge in [-0.1, -0.05) is 18.2 Å². The van der Waals surface area contributed by atoms with Gasteiger partial charge in [-0.05, 0) is 44.2 Å². The average molecular weight is 425 g/mol. The molecular formula is C26H23N3O3. The van der Waals surface area contributed by atoms with E-state index in [2.05, 4.69) is 10.3 Å². The highest BCUT2D eigenvalue weighted by Crippen LogP contribution is 2.38. The summed E-state index contributed by atoms with van der Waals surface area (Å²) in [6.45, 7) is 4.46. The molecule has 6 heteroatoms. The predicted octanol–water partition coefficient (Wildman–Crippen LogP) is 5.27. The third kappa shape index (κ3) is 3.75. The SMILES string of the molecule is CCOc1cc2c(cc1NC(=O)c1cc(-c3ccncc3)nc3ccccc13)OC(C)C2. The van der Waals surface area contributed by atoms with Crippen molar-refractivity contribution in [3.8, 4) is 22.8 Å². The number of aromatic nitrogens is 2. The molecule has 0 bridgehead atoms. The summed E-state index contributed by atoms with van der Waals surface area (Å²) in [5.41, 5.74) is 4.59. The molecule has 0 saturated carbocycles. The first-order valence-electron chi connectivity index (χ1n) is 10.7. The molecule has 32 heavy (non-hydrogen) atoms. The van der Waals surface area contributed by atoms with E-state index in [1.165, 1.54) is 0 Å². The number of carbonyl (C=O) groups is 1. The number of para-hydroxylation sites is 1. The Balaban J connectivity index is 1.57. The molecule has 1 aliphatic heterocycles. The molecule has 2 aromatic heterocycles. The summed E-state index contributed by atoms with van der Waals surface area (Å²) in [5, 5.41) is 3.83. The van der Waals surface area contributed by atoms with Crippen LogP contribution in [0.3, 0.4) is 0 Å². The number of fused-ring (bicyclic) bond motifs is 2. The Labute approximate surface area is 186 Å². The van der Waals surface area contributed by atoms with Crippen LogP contribution in [0.5, 0.6) is 11.5 Å². The summed E-state index contributed by atoms with van der Waals surface area (Å²) in [6, 6.07) is 17.0. The van der Waals surface area contributed by atoms with Crippen molar-refractivity contribution in [1.29, 1.82) is 0 Å². The standard InChI is InChI=1S/C26H23N3O3/c1-3-31-25-13-18-12-16(2)32-24(18)15-23(25)29-26(30)20-14-22(17-8-10-27-11-9-17)28-21-7-5-4-6-19(20)21/h4-11,13-16H,3,12H2,1-2H3,(H,29,30). The molecular weight excluding hydrogens is 402 g/mol. The van der Waals surface area contributed by atoms with Crippen LogP contribution >= 0.6 is 0 Å². The van der Waals surface area contributed by atoms with Crippen LogP contribution in [-0.4, -0.2) is 28.6 Å². The highest BCUT2D eigenvalue weighted by atomic mass is 16.5. The third-order valence-corrected chi connectivity index (χ3v) is 5.48. The van der Waals surface area contributed by atoms with Crippen LogP contribution in [0.1, 0.15) is 29.8 Å². The molecule has 1 amide bonds. The molecule has 5 rings (SSSR count). The van der Waals surface area contributed by atoms with Crippen molar-refractivity contribution in [2.45, 2.75) is 26.4 Å². The van der Waals surface area contributed by atoms with Gasteiger partial charge in [-0.3, -0.25) is 9.78 Å². The Kier molecular flexibility index (Phi) is 5.19. The van der Waals surface area contributed by atoms with Gasteiger partial charge in [0, 0.05) is 41.4 Å². The number of ether oxygens (including phenoxy) is 2. The van der Waals surface area contributed by atoms with E-state index >= 15 is 0 Å². The van der Waals surface area contributed by atoms with E-state index in [-0.39, 0.29) is 12.0 Å². The van der Waals surface area contributed by atoms with Crippen LogP contribution < -0.4 is 14.8 Å². The molecule has 0 aliphatic carbocycles. The predicted molar refractivity (Wildman–Crippen MR) is 124 cm³/mol. The fourth-order valence-electron chi connectivity index (χ4n) is 4.04. The highest BCUT2D eigenvalue weighted by Gasteiger charge is 2.23. The number of rotatable bonds is 5. The summed E-state index contributed by atoms with van der Waals surface area (Å²) < 4.78 is 11.7. The lowest BCUT2D eigenvalue weighted by Crippen LogP contribution is -2.14. The zero-order chi connectivity index (χ0) is 22.1. The van der Waals surface area contributed by atoms with Crippen molar-refractivity contribution in [1.82, 2.24) is 9.97 Å². The lowest BCUT2D eigenvalue weighted by atomic mass is 10.0. The van der Waals surface area contributed by atoms with Gasteiger partial charge in [-0.15, -0.1) is 0 Å². The summed E-state index contributed by atoms with van der Waals surface area (Å²) in [5.74, 6) is 1.20. The topological polar surface area (TPSA) is 73.3 Å². The maximum absolute atomic E-state index is 13.5. The number of pyridine rings is 2. The van der Waals surface area contributed by atoms with Crippen LogP contribution in [0, 0.1) is 0 Å². The van der Waals surface area contributed by atoms with Gasteiger partial charge in [-0.25, -0.2) is 4.98 Å². The van der Waals surface area contributed by atoms with Gasteiger partial charge in [0.25, 0.3) is 5.91 Å². The number of amides is 1. The van der Waals surface area contributed by atoms with E-state index in [9.17, 15) is 4.79 Å². The minimum Gasteiger partial charge on any atom is -0.492 e. The van der Waals surface area contributed by atoms with E-state index in [0.717, 1.165) is 34.2 Å². The average Bonchev–Trinajstić information content (AvgIpc) is 3.18. The lowest BCUT2D eigenvalue weighted by Gasteiger charge is -2.15. The first kappa shape index (κ1) is 20.0. The molecule has 0 fully saturated rings. The minimum atomic E-state index is -0.231.